The van der Waals surface area contributed by atoms with E-state index in [-0.39, 0.29) is 11.5 Å². The molecule has 5 rings (SSSR count). The zero-order chi connectivity index (χ0) is 23.3. The summed E-state index contributed by atoms with van der Waals surface area (Å²) in [4.78, 5) is 31.0. The van der Waals surface area contributed by atoms with Gasteiger partial charge >= 0.3 is 0 Å². The first-order valence-corrected chi connectivity index (χ1v) is 12.2. The topological polar surface area (TPSA) is 58.4 Å². The van der Waals surface area contributed by atoms with Gasteiger partial charge in [0.2, 0.25) is 5.91 Å². The lowest BCUT2D eigenvalue weighted by Gasteiger charge is -2.38. The Balaban J connectivity index is 1.40. The molecule has 0 spiro atoms. The van der Waals surface area contributed by atoms with Gasteiger partial charge in [0.05, 0.1) is 15.8 Å². The number of nitrogens with zero attached hydrogens (tertiary/aromatic N) is 4. The molecule has 33 heavy (non-hydrogen) atoms. The number of fused-ring (bicyclic) bond motifs is 3. The largest absolute Gasteiger partial charge is 0.368 e. The van der Waals surface area contributed by atoms with E-state index in [1.807, 2.05) is 36.1 Å². The number of hydrogen-bond acceptors (Lipinski definition) is 5. The summed E-state index contributed by atoms with van der Waals surface area (Å²) in [7, 11) is 0. The number of carbonyl (C=O) groups is 1. The Labute approximate surface area is 197 Å². The van der Waals surface area contributed by atoms with E-state index < -0.39 is 6.04 Å². The van der Waals surface area contributed by atoms with Crippen molar-refractivity contribution in [3.63, 3.8) is 0 Å². The van der Waals surface area contributed by atoms with Gasteiger partial charge in [0, 0.05) is 42.0 Å². The first-order valence-electron chi connectivity index (χ1n) is 11.4. The molecule has 0 aliphatic carbocycles. The Kier molecular flexibility index (Phi) is 5.44. The number of amides is 1. The number of piperazine rings is 1. The van der Waals surface area contributed by atoms with Crippen molar-refractivity contribution in [3.05, 3.63) is 69.6 Å². The molecule has 2 aromatic carbocycles. The summed E-state index contributed by atoms with van der Waals surface area (Å²) in [6.45, 7) is 10.8. The van der Waals surface area contributed by atoms with E-state index in [4.69, 9.17) is 0 Å². The monoisotopic (exact) mass is 460 g/mol. The number of aryl methyl sites for hydroxylation is 2. The van der Waals surface area contributed by atoms with Crippen LogP contribution in [0.2, 0.25) is 0 Å². The summed E-state index contributed by atoms with van der Waals surface area (Å²) in [6, 6.07) is 13.6. The van der Waals surface area contributed by atoms with Crippen LogP contribution in [0.1, 0.15) is 29.8 Å². The average Bonchev–Trinajstić information content (AvgIpc) is 3.23. The van der Waals surface area contributed by atoms with Crippen LogP contribution < -0.4 is 10.5 Å². The molecule has 0 unspecified atom stereocenters. The van der Waals surface area contributed by atoms with Gasteiger partial charge in [-0.1, -0.05) is 30.3 Å². The van der Waals surface area contributed by atoms with Crippen molar-refractivity contribution in [1.29, 1.82) is 0 Å². The van der Waals surface area contributed by atoms with Crippen molar-refractivity contribution < 1.29 is 4.79 Å². The van der Waals surface area contributed by atoms with Crippen molar-refractivity contribution in [2.45, 2.75) is 33.7 Å². The van der Waals surface area contributed by atoms with Crippen molar-refractivity contribution in [1.82, 2.24) is 14.7 Å². The molecule has 1 aliphatic rings. The Morgan fingerprint density at radius 2 is 1.73 bits per heavy atom. The molecule has 6 nitrogen and oxygen atoms in total. The highest BCUT2D eigenvalue weighted by atomic mass is 32.1. The minimum Gasteiger partial charge on any atom is -0.368 e. The van der Waals surface area contributed by atoms with Crippen molar-refractivity contribution in [3.8, 4) is 0 Å². The van der Waals surface area contributed by atoms with Crippen LogP contribution >= 0.6 is 11.3 Å². The van der Waals surface area contributed by atoms with Gasteiger partial charge in [-0.2, -0.15) is 5.10 Å². The number of rotatable bonds is 3. The average molecular weight is 461 g/mol. The second-order valence-corrected chi connectivity index (χ2v) is 9.90. The molecule has 2 aromatic heterocycles. The smallest absolute Gasteiger partial charge is 0.276 e. The summed E-state index contributed by atoms with van der Waals surface area (Å²) < 4.78 is 3.35. The fourth-order valence-corrected chi connectivity index (χ4v) is 5.89. The molecule has 3 heterocycles. The number of hydrogen-bond donors (Lipinski definition) is 0. The molecule has 0 bridgehead atoms. The molecule has 7 heteroatoms. The molecule has 0 N–H and O–H groups in total. The van der Waals surface area contributed by atoms with Gasteiger partial charge in [0.15, 0.2) is 0 Å². The van der Waals surface area contributed by atoms with Gasteiger partial charge in [-0.25, -0.2) is 4.68 Å². The van der Waals surface area contributed by atoms with Crippen LogP contribution in [-0.2, 0) is 4.79 Å². The zero-order valence-electron chi connectivity index (χ0n) is 19.5. The maximum atomic E-state index is 13.4. The standard InChI is InChI=1S/C26H28N4O2S/c1-16-8-7-10-21(17(16)2)28-12-14-29(15-13-28)25(31)19(4)30-26(32)23-20-9-5-6-11-22(20)33-24(23)18(3)27-30/h5-11,19H,12-15H2,1-4H3/t19-/m1/s1. The van der Waals surface area contributed by atoms with Crippen molar-refractivity contribution in [2.24, 2.45) is 0 Å². The highest BCUT2D eigenvalue weighted by molar-refractivity contribution is 7.26. The quantitative estimate of drug-likeness (QED) is 0.453. The molecule has 1 atom stereocenters. The summed E-state index contributed by atoms with van der Waals surface area (Å²) >= 11 is 1.58. The summed E-state index contributed by atoms with van der Waals surface area (Å²) in [5, 5.41) is 6.16. The number of thiophene rings is 1. The molecule has 4 aromatic rings. The minimum absolute atomic E-state index is 0.0523. The maximum Gasteiger partial charge on any atom is 0.276 e. The molecule has 1 aliphatic heterocycles. The first kappa shape index (κ1) is 21.6. The van der Waals surface area contributed by atoms with Gasteiger partial charge in [-0.3, -0.25) is 9.59 Å². The molecular weight excluding hydrogens is 432 g/mol. The molecular formula is C26H28N4O2S. The first-order chi connectivity index (χ1) is 15.9. The Hall–Kier alpha value is -3.19. The van der Waals surface area contributed by atoms with E-state index >= 15 is 0 Å². The molecule has 0 radical (unpaired) electrons. The molecule has 1 saturated heterocycles. The van der Waals surface area contributed by atoms with E-state index in [1.165, 1.54) is 21.5 Å². The highest BCUT2D eigenvalue weighted by Crippen LogP contribution is 2.33. The third-order valence-corrected chi connectivity index (χ3v) is 8.12. The van der Waals surface area contributed by atoms with E-state index in [1.54, 1.807) is 18.3 Å². The van der Waals surface area contributed by atoms with Crippen LogP contribution in [0.25, 0.3) is 20.2 Å². The van der Waals surface area contributed by atoms with E-state index in [0.717, 1.165) is 33.6 Å². The van der Waals surface area contributed by atoms with Gasteiger partial charge in [0.1, 0.15) is 6.04 Å². The maximum absolute atomic E-state index is 13.4. The third-order valence-electron chi connectivity index (χ3n) is 6.84. The molecule has 1 fully saturated rings. The predicted molar refractivity (Wildman–Crippen MR) is 136 cm³/mol. The lowest BCUT2D eigenvalue weighted by atomic mass is 10.1. The van der Waals surface area contributed by atoms with Crippen LogP contribution in [0.5, 0.6) is 0 Å². The van der Waals surface area contributed by atoms with Crippen LogP contribution in [0.3, 0.4) is 0 Å². The second-order valence-electron chi connectivity index (χ2n) is 8.84. The Morgan fingerprint density at radius 3 is 2.48 bits per heavy atom. The fraction of sp³-hybridized carbons (Fsp3) is 0.346. The molecule has 0 saturated carbocycles. The molecule has 1 amide bonds. The van der Waals surface area contributed by atoms with Gasteiger partial charge < -0.3 is 9.80 Å². The number of anilines is 1. The number of benzene rings is 2. The zero-order valence-corrected chi connectivity index (χ0v) is 20.3. The lowest BCUT2D eigenvalue weighted by Crippen LogP contribution is -2.51. The third kappa shape index (κ3) is 3.60. The van der Waals surface area contributed by atoms with Crippen LogP contribution in [0.4, 0.5) is 5.69 Å². The summed E-state index contributed by atoms with van der Waals surface area (Å²) in [5.74, 6) is -0.0523. The lowest BCUT2D eigenvalue weighted by molar-refractivity contribution is -0.135. The van der Waals surface area contributed by atoms with Gasteiger partial charge in [0.25, 0.3) is 5.56 Å². The molecule has 170 valence electrons. The number of aromatic nitrogens is 2. The highest BCUT2D eigenvalue weighted by Gasteiger charge is 2.29. The van der Waals surface area contributed by atoms with Crippen LogP contribution in [-0.4, -0.2) is 46.8 Å². The minimum atomic E-state index is -0.647. The number of carbonyl (C=O) groups excluding carboxylic acids is 1. The van der Waals surface area contributed by atoms with Gasteiger partial charge in [-0.05, 0) is 51.0 Å². The normalized spacial score (nSPS) is 15.4. The van der Waals surface area contributed by atoms with E-state index in [2.05, 4.69) is 42.0 Å². The van der Waals surface area contributed by atoms with Crippen molar-refractivity contribution >= 4 is 43.1 Å². The van der Waals surface area contributed by atoms with Gasteiger partial charge in [-0.15, -0.1) is 11.3 Å². The SMILES string of the molecule is Cc1cccc(N2CCN(C(=O)[C@@H](C)n3nc(C)c4sc5ccccc5c4c3=O)CC2)c1C. The second kappa shape index (κ2) is 8.30. The predicted octanol–water partition coefficient (Wildman–Crippen LogP) is 4.45. The summed E-state index contributed by atoms with van der Waals surface area (Å²) in [6.07, 6.45) is 0. The fourth-order valence-electron chi connectivity index (χ4n) is 4.76. The van der Waals surface area contributed by atoms with E-state index in [0.29, 0.717) is 18.5 Å². The van der Waals surface area contributed by atoms with E-state index in [9.17, 15) is 9.59 Å². The Bertz CT molecular complexity index is 1430. The summed E-state index contributed by atoms with van der Waals surface area (Å²) in [5.41, 5.74) is 4.39. The Morgan fingerprint density at radius 1 is 1.00 bits per heavy atom. The van der Waals surface area contributed by atoms with Crippen LogP contribution in [0.15, 0.2) is 47.3 Å². The van der Waals surface area contributed by atoms with Crippen LogP contribution in [0, 0.1) is 20.8 Å². The van der Waals surface area contributed by atoms with Crippen molar-refractivity contribution in [2.75, 3.05) is 31.1 Å².